The van der Waals surface area contributed by atoms with Crippen LogP contribution in [0.3, 0.4) is 0 Å². The molecule has 0 saturated carbocycles. The van der Waals surface area contributed by atoms with Gasteiger partial charge in [0.05, 0.1) is 11.3 Å². The van der Waals surface area contributed by atoms with Gasteiger partial charge in [-0.15, -0.1) is 0 Å². The Bertz CT molecular complexity index is 766. The lowest BCUT2D eigenvalue weighted by Gasteiger charge is -2.20. The minimum Gasteiger partial charge on any atom is -0.386 e. The van der Waals surface area contributed by atoms with Crippen molar-refractivity contribution in [2.45, 2.75) is 45.1 Å². The van der Waals surface area contributed by atoms with Crippen LogP contribution in [0.25, 0.3) is 11.3 Å². The average Bonchev–Trinajstić information content (AvgIpc) is 2.48. The number of nitrogens with zero attached hydrogens (tertiary/aromatic N) is 1. The van der Waals surface area contributed by atoms with Gasteiger partial charge in [0, 0.05) is 12.6 Å². The van der Waals surface area contributed by atoms with Crippen LogP contribution in [0.15, 0.2) is 35.1 Å². The van der Waals surface area contributed by atoms with Crippen molar-refractivity contribution in [2.24, 2.45) is 7.05 Å². The molecular formula is C19H23NO2. The summed E-state index contributed by atoms with van der Waals surface area (Å²) in [4.78, 5) is 12.5. The Balaban J connectivity index is 2.10. The van der Waals surface area contributed by atoms with Gasteiger partial charge < -0.3 is 9.67 Å². The number of hydrogen-bond acceptors (Lipinski definition) is 2. The molecule has 0 unspecified atom stereocenters. The third-order valence-electron chi connectivity index (χ3n) is 4.61. The van der Waals surface area contributed by atoms with Crippen LogP contribution in [0.2, 0.25) is 0 Å². The van der Waals surface area contributed by atoms with Crippen molar-refractivity contribution in [3.63, 3.8) is 0 Å². The Labute approximate surface area is 131 Å². The zero-order chi connectivity index (χ0) is 15.9. The fourth-order valence-corrected chi connectivity index (χ4v) is 3.28. The van der Waals surface area contributed by atoms with Crippen LogP contribution in [0.5, 0.6) is 0 Å². The Kier molecular flexibility index (Phi) is 3.69. The Morgan fingerprint density at radius 1 is 1.05 bits per heavy atom. The maximum atomic E-state index is 12.5. The number of fused-ring (bicyclic) bond motifs is 1. The first-order chi connectivity index (χ1) is 10.4. The summed E-state index contributed by atoms with van der Waals surface area (Å²) in [6.07, 6.45) is 4.79. The first-order valence-electron chi connectivity index (χ1n) is 7.93. The maximum absolute atomic E-state index is 12.5. The molecule has 3 rings (SSSR count). The summed E-state index contributed by atoms with van der Waals surface area (Å²) in [5.41, 5.74) is 3.98. The fourth-order valence-electron chi connectivity index (χ4n) is 3.28. The molecule has 0 fully saturated rings. The van der Waals surface area contributed by atoms with Gasteiger partial charge in [-0.25, -0.2) is 0 Å². The maximum Gasteiger partial charge on any atom is 0.256 e. The molecule has 1 aliphatic rings. The highest BCUT2D eigenvalue weighted by molar-refractivity contribution is 5.62. The molecule has 1 aromatic heterocycles. The van der Waals surface area contributed by atoms with Crippen molar-refractivity contribution in [3.05, 3.63) is 57.4 Å². The molecule has 0 spiro atoms. The lowest BCUT2D eigenvalue weighted by atomic mass is 9.89. The molecule has 116 valence electrons. The number of aliphatic hydroxyl groups is 1. The van der Waals surface area contributed by atoms with Gasteiger partial charge in [0.15, 0.2) is 0 Å². The molecule has 2 aromatic rings. The van der Waals surface area contributed by atoms with E-state index in [0.717, 1.165) is 24.1 Å². The van der Waals surface area contributed by atoms with Gasteiger partial charge in [-0.2, -0.15) is 0 Å². The number of rotatable bonds is 2. The van der Waals surface area contributed by atoms with E-state index in [1.54, 1.807) is 31.5 Å². The summed E-state index contributed by atoms with van der Waals surface area (Å²) >= 11 is 0. The second-order valence-corrected chi connectivity index (χ2v) is 6.75. The van der Waals surface area contributed by atoms with Crippen molar-refractivity contribution in [3.8, 4) is 11.3 Å². The van der Waals surface area contributed by atoms with Crippen molar-refractivity contribution in [1.82, 2.24) is 4.57 Å². The molecule has 0 bridgehead atoms. The zero-order valence-electron chi connectivity index (χ0n) is 13.5. The highest BCUT2D eigenvalue weighted by atomic mass is 16.3. The van der Waals surface area contributed by atoms with Gasteiger partial charge in [-0.3, -0.25) is 4.79 Å². The third-order valence-corrected chi connectivity index (χ3v) is 4.61. The highest BCUT2D eigenvalue weighted by Crippen LogP contribution is 2.27. The van der Waals surface area contributed by atoms with Crippen molar-refractivity contribution >= 4 is 0 Å². The zero-order valence-corrected chi connectivity index (χ0v) is 13.5. The predicted octanol–water partition coefficient (Wildman–Crippen LogP) is 3.16. The smallest absolute Gasteiger partial charge is 0.256 e. The van der Waals surface area contributed by atoms with Crippen LogP contribution < -0.4 is 5.56 Å². The number of pyridine rings is 1. The lowest BCUT2D eigenvalue weighted by Crippen LogP contribution is -2.31. The fraction of sp³-hybridized carbons (Fsp3) is 0.421. The van der Waals surface area contributed by atoms with E-state index >= 15 is 0 Å². The van der Waals surface area contributed by atoms with E-state index in [2.05, 4.69) is 18.2 Å². The third kappa shape index (κ3) is 2.61. The van der Waals surface area contributed by atoms with Crippen LogP contribution in [0.4, 0.5) is 0 Å². The molecule has 1 heterocycles. The number of hydrogen-bond donors (Lipinski definition) is 1. The summed E-state index contributed by atoms with van der Waals surface area (Å²) in [5.74, 6) is 0. The molecule has 1 aromatic carbocycles. The quantitative estimate of drug-likeness (QED) is 0.925. The van der Waals surface area contributed by atoms with Gasteiger partial charge >= 0.3 is 0 Å². The van der Waals surface area contributed by atoms with E-state index in [-0.39, 0.29) is 5.56 Å². The molecule has 0 aliphatic heterocycles. The molecule has 1 aliphatic carbocycles. The monoisotopic (exact) mass is 297 g/mol. The summed E-state index contributed by atoms with van der Waals surface area (Å²) < 4.78 is 1.64. The number of aromatic nitrogens is 1. The lowest BCUT2D eigenvalue weighted by molar-refractivity contribution is 0.0766. The molecule has 1 N–H and O–H groups in total. The Hall–Kier alpha value is -1.87. The van der Waals surface area contributed by atoms with Gasteiger partial charge in [0.2, 0.25) is 0 Å². The van der Waals surface area contributed by atoms with Gasteiger partial charge in [0.1, 0.15) is 0 Å². The molecular weight excluding hydrogens is 274 g/mol. The van der Waals surface area contributed by atoms with E-state index < -0.39 is 5.60 Å². The van der Waals surface area contributed by atoms with Crippen LogP contribution in [-0.2, 0) is 25.5 Å². The van der Waals surface area contributed by atoms with Crippen LogP contribution in [0, 0.1) is 0 Å². The van der Waals surface area contributed by atoms with Crippen LogP contribution in [-0.4, -0.2) is 9.67 Å². The normalized spacial score (nSPS) is 14.7. The summed E-state index contributed by atoms with van der Waals surface area (Å²) in [5, 5.41) is 10.1. The molecule has 0 amide bonds. The van der Waals surface area contributed by atoms with E-state index in [0.29, 0.717) is 5.56 Å². The van der Waals surface area contributed by atoms with Crippen molar-refractivity contribution in [1.29, 1.82) is 0 Å². The highest BCUT2D eigenvalue weighted by Gasteiger charge is 2.21. The molecule has 22 heavy (non-hydrogen) atoms. The van der Waals surface area contributed by atoms with E-state index in [1.165, 1.54) is 24.0 Å². The number of aryl methyl sites for hydroxylation is 2. The largest absolute Gasteiger partial charge is 0.386 e. The molecule has 0 radical (unpaired) electrons. The molecule has 0 atom stereocenters. The minimum absolute atomic E-state index is 0.136. The summed E-state index contributed by atoms with van der Waals surface area (Å²) in [6, 6.07) is 10.2. The topological polar surface area (TPSA) is 42.2 Å². The number of benzene rings is 1. The Morgan fingerprint density at radius 2 is 1.73 bits per heavy atom. The van der Waals surface area contributed by atoms with E-state index in [1.807, 2.05) is 6.07 Å². The first-order valence-corrected chi connectivity index (χ1v) is 7.93. The SMILES string of the molecule is Cn1c(-c2ccc3c(c2)CCCC3)ccc(C(C)(C)O)c1=O. The van der Waals surface area contributed by atoms with Gasteiger partial charge in [0.25, 0.3) is 5.56 Å². The standard InChI is InChI=1S/C19H23NO2/c1-19(2,22)16-10-11-17(20(3)18(16)21)15-9-8-13-6-4-5-7-14(13)12-15/h8-12,22H,4-7H2,1-3H3. The molecule has 3 nitrogen and oxygen atoms in total. The minimum atomic E-state index is -1.12. The summed E-state index contributed by atoms with van der Waals surface area (Å²) in [7, 11) is 1.77. The van der Waals surface area contributed by atoms with Gasteiger partial charge in [-0.1, -0.05) is 12.1 Å². The second kappa shape index (κ2) is 5.40. The van der Waals surface area contributed by atoms with E-state index in [9.17, 15) is 9.90 Å². The average molecular weight is 297 g/mol. The first kappa shape index (κ1) is 15.0. The van der Waals surface area contributed by atoms with Crippen LogP contribution in [0.1, 0.15) is 43.4 Å². The van der Waals surface area contributed by atoms with Crippen molar-refractivity contribution in [2.75, 3.05) is 0 Å². The molecule has 3 heteroatoms. The van der Waals surface area contributed by atoms with Crippen molar-refractivity contribution < 1.29 is 5.11 Å². The Morgan fingerprint density at radius 3 is 2.41 bits per heavy atom. The van der Waals surface area contributed by atoms with Crippen LogP contribution >= 0.6 is 0 Å². The second-order valence-electron chi connectivity index (χ2n) is 6.75. The van der Waals surface area contributed by atoms with E-state index in [4.69, 9.17) is 0 Å². The molecule has 0 saturated heterocycles. The summed E-state index contributed by atoms with van der Waals surface area (Å²) in [6.45, 7) is 3.28. The van der Waals surface area contributed by atoms with Gasteiger partial charge in [-0.05, 0) is 74.4 Å². The predicted molar refractivity (Wildman–Crippen MR) is 89.0 cm³/mol.